The van der Waals surface area contributed by atoms with E-state index in [1.165, 1.54) is 15.8 Å². The summed E-state index contributed by atoms with van der Waals surface area (Å²) in [6.07, 6.45) is 2.10. The van der Waals surface area contributed by atoms with Crippen molar-refractivity contribution in [2.45, 2.75) is 13.8 Å². The largest absolute Gasteiger partial charge is 0.495 e. The fourth-order valence-electron chi connectivity index (χ4n) is 2.72. The van der Waals surface area contributed by atoms with Crippen molar-refractivity contribution >= 4 is 26.5 Å². The van der Waals surface area contributed by atoms with Gasteiger partial charge in [0, 0.05) is 11.8 Å². The highest BCUT2D eigenvalue weighted by Crippen LogP contribution is 2.34. The van der Waals surface area contributed by atoms with Gasteiger partial charge in [-0.05, 0) is 43.2 Å². The molecule has 0 aliphatic carbocycles. The van der Waals surface area contributed by atoms with Gasteiger partial charge in [0.2, 0.25) is 0 Å². The Morgan fingerprint density at radius 1 is 1.09 bits per heavy atom. The van der Waals surface area contributed by atoms with Crippen LogP contribution >= 0.6 is 11.3 Å². The summed E-state index contributed by atoms with van der Waals surface area (Å²) < 4.78 is 8.82. The van der Waals surface area contributed by atoms with E-state index >= 15 is 0 Å². The predicted molar refractivity (Wildman–Crippen MR) is 92.0 cm³/mol. The average Bonchev–Trinajstić information content (AvgIpc) is 3.07. The van der Waals surface area contributed by atoms with Crippen molar-refractivity contribution in [3.05, 3.63) is 53.7 Å². The number of hydrogen-bond acceptors (Lipinski definition) is 3. The number of benzene rings is 2. The summed E-state index contributed by atoms with van der Waals surface area (Å²) in [7, 11) is 1.71. The smallest absolute Gasteiger partial charge is 0.195 e. The van der Waals surface area contributed by atoms with E-state index in [4.69, 9.17) is 9.72 Å². The van der Waals surface area contributed by atoms with E-state index < -0.39 is 0 Å². The van der Waals surface area contributed by atoms with Crippen LogP contribution in [0.2, 0.25) is 0 Å². The maximum atomic E-state index is 5.50. The first kappa shape index (κ1) is 13.3. The van der Waals surface area contributed by atoms with Crippen LogP contribution in [0.4, 0.5) is 0 Å². The molecule has 0 amide bonds. The summed E-state index contributed by atoms with van der Waals surface area (Å²) in [5.41, 5.74) is 5.84. The molecule has 0 fully saturated rings. The second-order valence-electron chi connectivity index (χ2n) is 5.49. The average molecular weight is 308 g/mol. The Morgan fingerprint density at radius 2 is 1.95 bits per heavy atom. The molecule has 0 saturated heterocycles. The number of hydrogen-bond donors (Lipinski definition) is 0. The molecule has 2 aromatic carbocycles. The van der Waals surface area contributed by atoms with Crippen molar-refractivity contribution in [1.82, 2.24) is 9.38 Å². The number of aromatic nitrogens is 2. The molecule has 22 heavy (non-hydrogen) atoms. The minimum absolute atomic E-state index is 0.882. The molecule has 0 bridgehead atoms. The van der Waals surface area contributed by atoms with Gasteiger partial charge in [-0.25, -0.2) is 4.98 Å². The second kappa shape index (κ2) is 4.85. The van der Waals surface area contributed by atoms with Crippen LogP contribution in [-0.4, -0.2) is 16.5 Å². The fourth-order valence-corrected chi connectivity index (χ4v) is 3.75. The third-order valence-electron chi connectivity index (χ3n) is 4.10. The fraction of sp³-hybridized carbons (Fsp3) is 0.167. The molecule has 2 heterocycles. The summed E-state index contributed by atoms with van der Waals surface area (Å²) in [5, 5.41) is 0. The molecule has 0 aliphatic heterocycles. The third-order valence-corrected chi connectivity index (χ3v) is 5.12. The van der Waals surface area contributed by atoms with Crippen LogP contribution in [0.15, 0.2) is 42.6 Å². The molecule has 0 spiro atoms. The predicted octanol–water partition coefficient (Wildman–Crippen LogP) is 4.84. The Balaban J connectivity index is 1.96. The van der Waals surface area contributed by atoms with E-state index in [1.807, 2.05) is 12.1 Å². The maximum Gasteiger partial charge on any atom is 0.195 e. The molecule has 0 radical (unpaired) electrons. The van der Waals surface area contributed by atoms with Crippen LogP contribution in [0, 0.1) is 13.8 Å². The number of ether oxygens (including phenoxy) is 1. The Kier molecular flexibility index (Phi) is 2.94. The van der Waals surface area contributed by atoms with Crippen LogP contribution in [0.1, 0.15) is 11.1 Å². The number of rotatable bonds is 2. The molecule has 110 valence electrons. The van der Waals surface area contributed by atoms with Crippen LogP contribution in [-0.2, 0) is 0 Å². The highest BCUT2D eigenvalue weighted by atomic mass is 32.1. The molecule has 3 nitrogen and oxygen atoms in total. The van der Waals surface area contributed by atoms with Gasteiger partial charge in [0.25, 0.3) is 0 Å². The van der Waals surface area contributed by atoms with E-state index in [1.54, 1.807) is 18.4 Å². The molecule has 4 heteroatoms. The highest BCUT2D eigenvalue weighted by Gasteiger charge is 2.13. The first-order valence-corrected chi connectivity index (χ1v) is 8.01. The summed E-state index contributed by atoms with van der Waals surface area (Å²) in [6, 6.07) is 12.6. The molecule has 0 unspecified atom stereocenters. The SMILES string of the molecule is COc1cccc2sc3nc(-c4ccc(C)c(C)c4)cn3c12. The van der Waals surface area contributed by atoms with Crippen LogP contribution in [0.5, 0.6) is 5.75 Å². The Bertz CT molecular complexity index is 997. The Hall–Kier alpha value is -2.33. The number of fused-ring (bicyclic) bond motifs is 3. The van der Waals surface area contributed by atoms with Crippen LogP contribution in [0.3, 0.4) is 0 Å². The van der Waals surface area contributed by atoms with Crippen LogP contribution in [0.25, 0.3) is 26.4 Å². The molecule has 0 N–H and O–H groups in total. The van der Waals surface area contributed by atoms with Crippen molar-refractivity contribution in [2.24, 2.45) is 0 Å². The van der Waals surface area contributed by atoms with E-state index in [2.05, 4.69) is 48.7 Å². The Morgan fingerprint density at radius 3 is 2.73 bits per heavy atom. The first-order valence-electron chi connectivity index (χ1n) is 7.19. The molecular weight excluding hydrogens is 292 g/mol. The molecule has 0 aliphatic rings. The minimum atomic E-state index is 0.882. The summed E-state index contributed by atoms with van der Waals surface area (Å²) >= 11 is 1.69. The van der Waals surface area contributed by atoms with E-state index in [9.17, 15) is 0 Å². The van der Waals surface area contributed by atoms with Gasteiger partial charge in [-0.15, -0.1) is 0 Å². The van der Waals surface area contributed by atoms with Gasteiger partial charge < -0.3 is 4.74 Å². The molecule has 4 rings (SSSR count). The lowest BCUT2D eigenvalue weighted by Gasteiger charge is -2.03. The van der Waals surface area contributed by atoms with E-state index in [0.717, 1.165) is 27.5 Å². The number of thiazole rings is 1. The van der Waals surface area contributed by atoms with Gasteiger partial charge in [-0.1, -0.05) is 29.5 Å². The monoisotopic (exact) mass is 308 g/mol. The highest BCUT2D eigenvalue weighted by molar-refractivity contribution is 7.23. The zero-order valence-corrected chi connectivity index (χ0v) is 13.6. The zero-order valence-electron chi connectivity index (χ0n) is 12.8. The number of nitrogens with zero attached hydrogens (tertiary/aromatic N) is 2. The van der Waals surface area contributed by atoms with Gasteiger partial charge in [0.05, 0.1) is 17.5 Å². The number of methoxy groups -OCH3 is 1. The molecule has 0 saturated carbocycles. The van der Waals surface area contributed by atoms with Crippen molar-refractivity contribution in [2.75, 3.05) is 7.11 Å². The maximum absolute atomic E-state index is 5.50. The lowest BCUT2D eigenvalue weighted by atomic mass is 10.1. The first-order chi connectivity index (χ1) is 10.7. The standard InChI is InChI=1S/C18H16N2OS/c1-11-7-8-13(9-12(11)2)14-10-20-17-15(21-3)5-4-6-16(17)22-18(20)19-14/h4-10H,1-3H3. The lowest BCUT2D eigenvalue weighted by Crippen LogP contribution is -1.86. The van der Waals surface area contributed by atoms with Gasteiger partial charge in [-0.2, -0.15) is 0 Å². The topological polar surface area (TPSA) is 26.5 Å². The summed E-state index contributed by atoms with van der Waals surface area (Å²) in [6.45, 7) is 4.26. The van der Waals surface area contributed by atoms with Gasteiger partial charge in [-0.3, -0.25) is 4.40 Å². The van der Waals surface area contributed by atoms with Crippen molar-refractivity contribution in [3.8, 4) is 17.0 Å². The second-order valence-corrected chi connectivity index (χ2v) is 6.50. The number of imidazole rings is 1. The van der Waals surface area contributed by atoms with Crippen molar-refractivity contribution in [3.63, 3.8) is 0 Å². The lowest BCUT2D eigenvalue weighted by molar-refractivity contribution is 0.418. The normalized spacial score (nSPS) is 11.4. The molecule has 2 aromatic heterocycles. The van der Waals surface area contributed by atoms with Crippen molar-refractivity contribution < 1.29 is 4.74 Å². The molecular formula is C18H16N2OS. The number of para-hydroxylation sites is 1. The molecule has 4 aromatic rings. The van der Waals surface area contributed by atoms with E-state index in [0.29, 0.717) is 0 Å². The summed E-state index contributed by atoms with van der Waals surface area (Å²) in [5.74, 6) is 0.882. The zero-order chi connectivity index (χ0) is 15.3. The third kappa shape index (κ3) is 1.91. The van der Waals surface area contributed by atoms with Crippen molar-refractivity contribution in [1.29, 1.82) is 0 Å². The quantitative estimate of drug-likeness (QED) is 0.529. The Labute approximate surface area is 132 Å². The minimum Gasteiger partial charge on any atom is -0.495 e. The van der Waals surface area contributed by atoms with Gasteiger partial charge in [0.1, 0.15) is 11.3 Å². The number of aryl methyl sites for hydroxylation is 2. The van der Waals surface area contributed by atoms with Gasteiger partial charge >= 0.3 is 0 Å². The summed E-state index contributed by atoms with van der Waals surface area (Å²) in [4.78, 5) is 5.79. The van der Waals surface area contributed by atoms with Crippen LogP contribution < -0.4 is 4.74 Å². The van der Waals surface area contributed by atoms with E-state index in [-0.39, 0.29) is 0 Å². The molecule has 0 atom stereocenters. The van der Waals surface area contributed by atoms with Gasteiger partial charge in [0.15, 0.2) is 4.96 Å².